The predicted octanol–water partition coefficient (Wildman–Crippen LogP) is 0.720. The maximum absolute atomic E-state index is 8.90. The molecule has 0 spiro atoms. The Morgan fingerprint density at radius 1 is 1.56 bits per heavy atom. The Morgan fingerprint density at radius 3 is 2.44 bits per heavy atom. The summed E-state index contributed by atoms with van der Waals surface area (Å²) in [4.78, 5) is 0. The van der Waals surface area contributed by atoms with Gasteiger partial charge in [0.1, 0.15) is 6.23 Å². The molecule has 0 aliphatic rings. The lowest BCUT2D eigenvalue weighted by Gasteiger charge is -2.15. The molecule has 0 aromatic heterocycles. The summed E-state index contributed by atoms with van der Waals surface area (Å²) < 4.78 is 0. The Morgan fingerprint density at radius 2 is 2.11 bits per heavy atom. The van der Waals surface area contributed by atoms with Crippen LogP contribution in [0.4, 0.5) is 0 Å². The minimum atomic E-state index is -0.773. The molecule has 2 unspecified atom stereocenters. The second-order valence-corrected chi connectivity index (χ2v) is 2.34. The second kappa shape index (κ2) is 4.73. The summed E-state index contributed by atoms with van der Waals surface area (Å²) in [6, 6.07) is 0. The van der Waals surface area contributed by atoms with Crippen molar-refractivity contribution in [2.24, 2.45) is 5.92 Å². The average Bonchev–Trinajstić information content (AvgIpc) is 1.87. The summed E-state index contributed by atoms with van der Waals surface area (Å²) in [6.07, 6.45) is 1.18. The minimum Gasteiger partial charge on any atom is -0.376 e. The van der Waals surface area contributed by atoms with Crippen molar-refractivity contribution in [1.29, 1.82) is 0 Å². The van der Waals surface area contributed by atoms with E-state index < -0.39 is 6.23 Å². The maximum Gasteiger partial charge on any atom is 0.129 e. The van der Waals surface area contributed by atoms with Gasteiger partial charge in [-0.3, -0.25) is 0 Å². The standard InChI is InChI=1S/C6H15NO2/c1-3-4-5(2)6(8)7-9/h5-9H,3-4H2,1-2H3. The molecule has 0 radical (unpaired) electrons. The molecule has 0 aliphatic carbocycles. The quantitative estimate of drug-likeness (QED) is 0.391. The fourth-order valence-electron chi connectivity index (χ4n) is 0.740. The number of hydroxylamine groups is 1. The average molecular weight is 133 g/mol. The van der Waals surface area contributed by atoms with E-state index in [2.05, 4.69) is 0 Å². The molecule has 0 aromatic rings. The highest BCUT2D eigenvalue weighted by Crippen LogP contribution is 2.07. The molecule has 0 amide bonds. The number of aliphatic hydroxyl groups excluding tert-OH is 1. The van der Waals surface area contributed by atoms with Crippen molar-refractivity contribution in [3.8, 4) is 0 Å². The topological polar surface area (TPSA) is 52.5 Å². The van der Waals surface area contributed by atoms with Crippen LogP contribution in [-0.4, -0.2) is 16.5 Å². The van der Waals surface area contributed by atoms with Gasteiger partial charge in [-0.25, -0.2) is 0 Å². The Hall–Kier alpha value is -0.120. The van der Waals surface area contributed by atoms with Crippen LogP contribution >= 0.6 is 0 Å². The summed E-state index contributed by atoms with van der Waals surface area (Å²) in [6.45, 7) is 3.93. The van der Waals surface area contributed by atoms with E-state index in [1.807, 2.05) is 13.8 Å². The summed E-state index contributed by atoms with van der Waals surface area (Å²) in [5, 5.41) is 17.1. The minimum absolute atomic E-state index is 0.125. The Balaban J connectivity index is 3.32. The van der Waals surface area contributed by atoms with Crippen LogP contribution in [0.3, 0.4) is 0 Å². The molecular formula is C6H15NO2. The zero-order valence-corrected chi connectivity index (χ0v) is 5.96. The van der Waals surface area contributed by atoms with E-state index in [0.29, 0.717) is 0 Å². The first-order chi connectivity index (χ1) is 4.22. The van der Waals surface area contributed by atoms with Crippen LogP contribution in [0.2, 0.25) is 0 Å². The summed E-state index contributed by atoms with van der Waals surface area (Å²) in [5.74, 6) is 0.125. The highest BCUT2D eigenvalue weighted by Gasteiger charge is 2.10. The normalized spacial score (nSPS) is 17.3. The van der Waals surface area contributed by atoms with Crippen molar-refractivity contribution in [1.82, 2.24) is 5.48 Å². The van der Waals surface area contributed by atoms with Gasteiger partial charge in [0.15, 0.2) is 0 Å². The van der Waals surface area contributed by atoms with E-state index in [9.17, 15) is 0 Å². The summed E-state index contributed by atoms with van der Waals surface area (Å²) >= 11 is 0. The van der Waals surface area contributed by atoms with Crippen LogP contribution in [-0.2, 0) is 0 Å². The van der Waals surface area contributed by atoms with Crippen LogP contribution in [0.15, 0.2) is 0 Å². The van der Waals surface area contributed by atoms with Gasteiger partial charge in [0.2, 0.25) is 0 Å². The molecular weight excluding hydrogens is 118 g/mol. The first-order valence-corrected chi connectivity index (χ1v) is 3.30. The summed E-state index contributed by atoms with van der Waals surface area (Å²) in [7, 11) is 0. The van der Waals surface area contributed by atoms with E-state index in [1.54, 1.807) is 5.48 Å². The van der Waals surface area contributed by atoms with Crippen molar-refractivity contribution in [3.63, 3.8) is 0 Å². The molecule has 3 N–H and O–H groups in total. The van der Waals surface area contributed by atoms with Gasteiger partial charge in [0.25, 0.3) is 0 Å². The van der Waals surface area contributed by atoms with E-state index in [1.165, 1.54) is 0 Å². The Labute approximate surface area is 55.7 Å². The predicted molar refractivity (Wildman–Crippen MR) is 35.0 cm³/mol. The lowest BCUT2D eigenvalue weighted by Crippen LogP contribution is -2.31. The Kier molecular flexibility index (Phi) is 4.67. The van der Waals surface area contributed by atoms with Gasteiger partial charge in [0, 0.05) is 0 Å². The number of nitrogens with one attached hydrogen (secondary N) is 1. The molecule has 3 heteroatoms. The highest BCUT2D eigenvalue weighted by atomic mass is 16.5. The van der Waals surface area contributed by atoms with Gasteiger partial charge < -0.3 is 10.3 Å². The van der Waals surface area contributed by atoms with E-state index in [-0.39, 0.29) is 5.92 Å². The highest BCUT2D eigenvalue weighted by molar-refractivity contribution is 4.56. The summed E-state index contributed by atoms with van der Waals surface area (Å²) in [5.41, 5.74) is 1.81. The SMILES string of the molecule is CCCC(C)C(O)NO. The zero-order valence-electron chi connectivity index (χ0n) is 5.96. The monoisotopic (exact) mass is 133 g/mol. The van der Waals surface area contributed by atoms with Crippen molar-refractivity contribution in [3.05, 3.63) is 0 Å². The molecule has 0 fully saturated rings. The van der Waals surface area contributed by atoms with Crippen LogP contribution in [0, 0.1) is 5.92 Å². The smallest absolute Gasteiger partial charge is 0.129 e. The molecule has 0 aliphatic heterocycles. The number of hydrogen-bond acceptors (Lipinski definition) is 3. The van der Waals surface area contributed by atoms with Gasteiger partial charge in [-0.1, -0.05) is 20.3 Å². The molecule has 0 rings (SSSR count). The lowest BCUT2D eigenvalue weighted by atomic mass is 10.1. The molecule has 0 heterocycles. The molecule has 0 saturated heterocycles. The van der Waals surface area contributed by atoms with Gasteiger partial charge in [-0.05, 0) is 12.3 Å². The van der Waals surface area contributed by atoms with Crippen LogP contribution in [0.25, 0.3) is 0 Å². The number of aliphatic hydroxyl groups is 1. The third-order valence-electron chi connectivity index (χ3n) is 1.42. The second-order valence-electron chi connectivity index (χ2n) is 2.34. The molecule has 9 heavy (non-hydrogen) atoms. The van der Waals surface area contributed by atoms with Crippen LogP contribution < -0.4 is 5.48 Å². The van der Waals surface area contributed by atoms with E-state index in [4.69, 9.17) is 10.3 Å². The third kappa shape index (κ3) is 3.46. The number of hydrogen-bond donors (Lipinski definition) is 3. The molecule has 0 aromatic carbocycles. The first kappa shape index (κ1) is 8.88. The maximum atomic E-state index is 8.90. The lowest BCUT2D eigenvalue weighted by molar-refractivity contribution is -0.0314. The largest absolute Gasteiger partial charge is 0.376 e. The van der Waals surface area contributed by atoms with Gasteiger partial charge >= 0.3 is 0 Å². The fraction of sp³-hybridized carbons (Fsp3) is 1.00. The van der Waals surface area contributed by atoms with Gasteiger partial charge in [-0.15, -0.1) is 0 Å². The molecule has 0 bridgehead atoms. The van der Waals surface area contributed by atoms with Crippen molar-refractivity contribution in [2.75, 3.05) is 0 Å². The van der Waals surface area contributed by atoms with Gasteiger partial charge in [0.05, 0.1) is 0 Å². The zero-order chi connectivity index (χ0) is 7.28. The number of rotatable bonds is 4. The van der Waals surface area contributed by atoms with Crippen molar-refractivity contribution >= 4 is 0 Å². The van der Waals surface area contributed by atoms with E-state index in [0.717, 1.165) is 12.8 Å². The molecule has 3 nitrogen and oxygen atoms in total. The van der Waals surface area contributed by atoms with Crippen LogP contribution in [0.5, 0.6) is 0 Å². The fourth-order valence-corrected chi connectivity index (χ4v) is 0.740. The van der Waals surface area contributed by atoms with Crippen molar-refractivity contribution in [2.45, 2.75) is 32.9 Å². The van der Waals surface area contributed by atoms with E-state index >= 15 is 0 Å². The van der Waals surface area contributed by atoms with Crippen molar-refractivity contribution < 1.29 is 10.3 Å². The Bertz CT molecular complexity index is 68.1. The molecule has 2 atom stereocenters. The molecule has 0 saturated carbocycles. The van der Waals surface area contributed by atoms with Crippen LogP contribution in [0.1, 0.15) is 26.7 Å². The van der Waals surface area contributed by atoms with Gasteiger partial charge in [-0.2, -0.15) is 5.48 Å². The first-order valence-electron chi connectivity index (χ1n) is 3.30. The third-order valence-corrected chi connectivity index (χ3v) is 1.42. The molecule has 56 valence electrons.